The minimum absolute atomic E-state index is 0.285. The number of benzene rings is 1. The van der Waals surface area contributed by atoms with Crippen molar-refractivity contribution in [2.45, 2.75) is 91.9 Å². The number of carbonyl (C=O) groups is 1. The van der Waals surface area contributed by atoms with Crippen LogP contribution in [-0.4, -0.2) is 17.7 Å². The Hall–Kier alpha value is -1.51. The van der Waals surface area contributed by atoms with Crippen molar-refractivity contribution < 1.29 is 14.6 Å². The number of carboxylic acid groups (broad SMARTS) is 1. The summed E-state index contributed by atoms with van der Waals surface area (Å²) in [5, 5.41) is 9.40. The second kappa shape index (κ2) is 11.9. The van der Waals surface area contributed by atoms with Gasteiger partial charge in [0.2, 0.25) is 0 Å². The molecule has 3 heteroatoms. The highest BCUT2D eigenvalue weighted by atomic mass is 16.5. The molecule has 0 saturated carbocycles. The van der Waals surface area contributed by atoms with E-state index in [1.54, 1.807) is 6.07 Å². The number of hydrogen-bond acceptors (Lipinski definition) is 2. The lowest BCUT2D eigenvalue weighted by molar-refractivity contribution is 0.0691. The Morgan fingerprint density at radius 3 is 1.92 bits per heavy atom. The van der Waals surface area contributed by atoms with Gasteiger partial charge in [-0.1, -0.05) is 64.7 Å². The highest BCUT2D eigenvalue weighted by molar-refractivity contribution is 5.92. The summed E-state index contributed by atoms with van der Waals surface area (Å²) in [7, 11) is 0. The maximum atomic E-state index is 11.5. The van der Waals surface area contributed by atoms with E-state index in [-0.39, 0.29) is 5.56 Å². The quantitative estimate of drug-likeness (QED) is 0.408. The summed E-state index contributed by atoms with van der Waals surface area (Å²) in [4.78, 5) is 11.5. The summed E-state index contributed by atoms with van der Waals surface area (Å²) in [6.45, 7) is 8.76. The number of rotatable bonds is 13. The molecule has 0 aliphatic carbocycles. The second-order valence-electron chi connectivity index (χ2n) is 7.16. The predicted octanol–water partition coefficient (Wildman–Crippen LogP) is 6.61. The lowest BCUT2D eigenvalue weighted by Crippen LogP contribution is -2.08. The van der Waals surface area contributed by atoms with Crippen LogP contribution in [0.4, 0.5) is 0 Å². The van der Waals surface area contributed by atoms with Gasteiger partial charge in [-0.15, -0.1) is 0 Å². The Morgan fingerprint density at radius 1 is 0.880 bits per heavy atom. The third-order valence-electron chi connectivity index (χ3n) is 5.07. The third-order valence-corrected chi connectivity index (χ3v) is 5.07. The van der Waals surface area contributed by atoms with Gasteiger partial charge in [0.25, 0.3) is 0 Å². The van der Waals surface area contributed by atoms with Gasteiger partial charge < -0.3 is 9.84 Å². The molecule has 0 bridgehead atoms. The van der Waals surface area contributed by atoms with Crippen LogP contribution in [0.1, 0.15) is 98.2 Å². The zero-order chi connectivity index (χ0) is 18.7. The van der Waals surface area contributed by atoms with E-state index in [1.165, 1.54) is 51.4 Å². The first kappa shape index (κ1) is 21.5. The monoisotopic (exact) mass is 348 g/mol. The van der Waals surface area contributed by atoms with E-state index >= 15 is 0 Å². The summed E-state index contributed by atoms with van der Waals surface area (Å²) in [5.74, 6) is -0.365. The molecule has 0 aromatic heterocycles. The molecule has 0 aliphatic rings. The zero-order valence-electron chi connectivity index (χ0n) is 16.6. The van der Waals surface area contributed by atoms with Crippen LogP contribution in [0.5, 0.6) is 5.75 Å². The van der Waals surface area contributed by atoms with E-state index in [1.807, 2.05) is 20.8 Å². The molecular weight excluding hydrogens is 312 g/mol. The van der Waals surface area contributed by atoms with Gasteiger partial charge in [0.15, 0.2) is 0 Å². The van der Waals surface area contributed by atoms with Crippen LogP contribution in [0.15, 0.2) is 6.07 Å². The average Bonchev–Trinajstić information content (AvgIpc) is 2.58. The lowest BCUT2D eigenvalue weighted by Gasteiger charge is -2.16. The minimum Gasteiger partial charge on any atom is -0.492 e. The van der Waals surface area contributed by atoms with E-state index < -0.39 is 5.97 Å². The van der Waals surface area contributed by atoms with E-state index in [0.29, 0.717) is 12.4 Å². The number of unbranched alkanes of at least 4 members (excludes halogenated alkanes) is 9. The van der Waals surface area contributed by atoms with E-state index in [9.17, 15) is 9.90 Å². The Bertz CT molecular complexity index is 535. The molecule has 0 fully saturated rings. The molecule has 1 N–H and O–H groups in total. The number of aryl methyl sites for hydroxylation is 1. The first-order valence-electron chi connectivity index (χ1n) is 9.95. The standard InChI is InChI=1S/C22H36O3/c1-5-6-7-8-9-10-11-12-13-14-15-25-21-19(4)18(3)17(2)16-20(21)22(23)24/h16H,5-15H2,1-4H3,(H,23,24). The van der Waals surface area contributed by atoms with Crippen molar-refractivity contribution in [2.24, 2.45) is 0 Å². The lowest BCUT2D eigenvalue weighted by atomic mass is 9.99. The van der Waals surface area contributed by atoms with Gasteiger partial charge in [-0.05, 0) is 49.9 Å². The second-order valence-corrected chi connectivity index (χ2v) is 7.16. The van der Waals surface area contributed by atoms with Crippen molar-refractivity contribution in [1.29, 1.82) is 0 Å². The van der Waals surface area contributed by atoms with Crippen molar-refractivity contribution >= 4 is 5.97 Å². The average molecular weight is 349 g/mol. The van der Waals surface area contributed by atoms with Gasteiger partial charge in [0.1, 0.15) is 11.3 Å². The van der Waals surface area contributed by atoms with E-state index in [0.717, 1.165) is 29.5 Å². The van der Waals surface area contributed by atoms with Crippen LogP contribution < -0.4 is 4.74 Å². The molecule has 1 aromatic rings. The fourth-order valence-electron chi connectivity index (χ4n) is 3.17. The topological polar surface area (TPSA) is 46.5 Å². The van der Waals surface area contributed by atoms with E-state index in [4.69, 9.17) is 4.74 Å². The van der Waals surface area contributed by atoms with Crippen molar-refractivity contribution in [1.82, 2.24) is 0 Å². The highest BCUT2D eigenvalue weighted by Gasteiger charge is 2.17. The fraction of sp³-hybridized carbons (Fsp3) is 0.682. The van der Waals surface area contributed by atoms with Crippen LogP contribution in [0.25, 0.3) is 0 Å². The molecule has 1 rings (SSSR count). The van der Waals surface area contributed by atoms with Gasteiger partial charge in [-0.25, -0.2) is 4.79 Å². The normalized spacial score (nSPS) is 10.9. The van der Waals surface area contributed by atoms with Gasteiger partial charge in [-0.2, -0.15) is 0 Å². The Balaban J connectivity index is 2.28. The minimum atomic E-state index is -0.913. The first-order chi connectivity index (χ1) is 12.0. The van der Waals surface area contributed by atoms with Crippen LogP contribution in [-0.2, 0) is 0 Å². The van der Waals surface area contributed by atoms with E-state index in [2.05, 4.69) is 6.92 Å². The summed E-state index contributed by atoms with van der Waals surface area (Å²) in [5.41, 5.74) is 3.35. The van der Waals surface area contributed by atoms with Crippen molar-refractivity contribution in [3.63, 3.8) is 0 Å². The maximum Gasteiger partial charge on any atom is 0.339 e. The fourth-order valence-corrected chi connectivity index (χ4v) is 3.17. The van der Waals surface area contributed by atoms with Crippen LogP contribution in [0, 0.1) is 20.8 Å². The molecule has 1 aromatic carbocycles. The summed E-state index contributed by atoms with van der Waals surface area (Å²) >= 11 is 0. The van der Waals surface area contributed by atoms with Crippen molar-refractivity contribution in [3.8, 4) is 5.75 Å². The maximum absolute atomic E-state index is 11.5. The van der Waals surface area contributed by atoms with Gasteiger partial charge >= 0.3 is 5.97 Å². The summed E-state index contributed by atoms with van der Waals surface area (Å²) < 4.78 is 5.86. The molecule has 0 heterocycles. The molecule has 0 unspecified atom stereocenters. The molecule has 0 spiro atoms. The summed E-state index contributed by atoms with van der Waals surface area (Å²) in [6.07, 6.45) is 12.8. The first-order valence-corrected chi connectivity index (χ1v) is 9.95. The number of hydrogen-bond donors (Lipinski definition) is 1. The molecular formula is C22H36O3. The third kappa shape index (κ3) is 7.50. The number of carboxylic acids is 1. The smallest absolute Gasteiger partial charge is 0.339 e. The van der Waals surface area contributed by atoms with Gasteiger partial charge in [-0.3, -0.25) is 0 Å². The largest absolute Gasteiger partial charge is 0.492 e. The van der Waals surface area contributed by atoms with Gasteiger partial charge in [0.05, 0.1) is 6.61 Å². The molecule has 3 nitrogen and oxygen atoms in total. The molecule has 25 heavy (non-hydrogen) atoms. The number of ether oxygens (including phenoxy) is 1. The van der Waals surface area contributed by atoms with Crippen molar-refractivity contribution in [2.75, 3.05) is 6.61 Å². The van der Waals surface area contributed by atoms with Crippen LogP contribution >= 0.6 is 0 Å². The predicted molar refractivity (Wildman–Crippen MR) is 105 cm³/mol. The zero-order valence-corrected chi connectivity index (χ0v) is 16.6. The SMILES string of the molecule is CCCCCCCCCCCCOc1c(C(=O)O)cc(C)c(C)c1C. The van der Waals surface area contributed by atoms with Crippen molar-refractivity contribution in [3.05, 3.63) is 28.3 Å². The molecule has 0 aliphatic heterocycles. The van der Waals surface area contributed by atoms with Crippen LogP contribution in [0.2, 0.25) is 0 Å². The molecule has 0 radical (unpaired) electrons. The highest BCUT2D eigenvalue weighted by Crippen LogP contribution is 2.29. The Labute approximate surface area is 153 Å². The molecule has 142 valence electrons. The van der Waals surface area contributed by atoms with Gasteiger partial charge in [0, 0.05) is 0 Å². The Kier molecular flexibility index (Phi) is 10.3. The molecule has 0 amide bonds. The molecule has 0 atom stereocenters. The number of aromatic carboxylic acids is 1. The van der Waals surface area contributed by atoms with Crippen LogP contribution in [0.3, 0.4) is 0 Å². The molecule has 0 saturated heterocycles. The summed E-state index contributed by atoms with van der Waals surface area (Å²) in [6, 6.07) is 1.72. The Morgan fingerprint density at radius 2 is 1.40 bits per heavy atom.